The third-order valence-electron chi connectivity index (χ3n) is 3.92. The van der Waals surface area contributed by atoms with E-state index in [-0.39, 0.29) is 18.9 Å². The van der Waals surface area contributed by atoms with Crippen LogP contribution in [0.15, 0.2) is 12.1 Å². The van der Waals surface area contributed by atoms with E-state index in [2.05, 4.69) is 25.2 Å². The molecule has 2 heterocycles. The highest BCUT2D eigenvalue weighted by Crippen LogP contribution is 2.36. The van der Waals surface area contributed by atoms with Gasteiger partial charge in [-0.25, -0.2) is 0 Å². The highest BCUT2D eigenvalue weighted by Gasteiger charge is 2.46. The van der Waals surface area contributed by atoms with Crippen LogP contribution in [0.3, 0.4) is 0 Å². The fourth-order valence-corrected chi connectivity index (χ4v) is 2.93. The van der Waals surface area contributed by atoms with Crippen LogP contribution in [0.5, 0.6) is 5.75 Å². The summed E-state index contributed by atoms with van der Waals surface area (Å²) in [5.74, 6) is 1.32. The molecule has 0 amide bonds. The van der Waals surface area contributed by atoms with Crippen molar-refractivity contribution in [1.29, 1.82) is 0 Å². The van der Waals surface area contributed by atoms with Crippen LogP contribution in [0.25, 0.3) is 0 Å². The molecule has 0 unspecified atom stereocenters. The lowest BCUT2D eigenvalue weighted by molar-refractivity contribution is 0.0238. The van der Waals surface area contributed by atoms with Crippen LogP contribution in [-0.2, 0) is 9.31 Å². The first kappa shape index (κ1) is 13.9. The molecule has 0 radical (unpaired) electrons. The molecule has 1 N–H and O–H groups in total. The van der Waals surface area contributed by atoms with E-state index in [1.165, 1.54) is 11.1 Å². The van der Waals surface area contributed by atoms with E-state index in [9.17, 15) is 0 Å². The molecule has 1 atom stereocenters. The molecule has 4 nitrogen and oxygen atoms in total. The molecular weight excluding hydrogens is 253 g/mol. The van der Waals surface area contributed by atoms with Crippen molar-refractivity contribution >= 4 is 12.6 Å². The van der Waals surface area contributed by atoms with E-state index in [0.29, 0.717) is 12.5 Å². The zero-order valence-corrected chi connectivity index (χ0v) is 12.8. The normalized spacial score (nSPS) is 23.5. The summed E-state index contributed by atoms with van der Waals surface area (Å²) in [5.41, 5.74) is 3.17. The monoisotopic (exact) mass is 275 g/mol. The van der Waals surface area contributed by atoms with Gasteiger partial charge in [-0.15, -0.1) is 0 Å². The number of rotatable bonds is 2. The largest absolute Gasteiger partial charge is 0.500 e. The third kappa shape index (κ3) is 2.14. The van der Waals surface area contributed by atoms with Crippen LogP contribution >= 0.6 is 0 Å². The molecule has 3 rings (SSSR count). The SMILES string of the molecule is CN[C@H]1OB2OC(C)(C)COc3ccc(C(C)C)c1c32. The maximum atomic E-state index is 6.11. The molecule has 2 aliphatic rings. The molecule has 1 aromatic rings. The van der Waals surface area contributed by atoms with Crippen LogP contribution in [-0.4, -0.2) is 26.4 Å². The van der Waals surface area contributed by atoms with Gasteiger partial charge >= 0.3 is 7.12 Å². The van der Waals surface area contributed by atoms with E-state index in [1.807, 2.05) is 27.0 Å². The Labute approximate surface area is 120 Å². The summed E-state index contributed by atoms with van der Waals surface area (Å²) in [6, 6.07) is 4.20. The summed E-state index contributed by atoms with van der Waals surface area (Å²) in [5, 5.41) is 3.22. The maximum Gasteiger partial charge on any atom is 0.500 e. The average molecular weight is 275 g/mol. The molecule has 20 heavy (non-hydrogen) atoms. The second kappa shape index (κ2) is 4.76. The Kier molecular flexibility index (Phi) is 3.31. The zero-order chi connectivity index (χ0) is 14.5. The number of ether oxygens (including phenoxy) is 1. The van der Waals surface area contributed by atoms with Crippen molar-refractivity contribution < 1.29 is 14.0 Å². The topological polar surface area (TPSA) is 39.7 Å². The second-order valence-electron chi connectivity index (χ2n) is 6.44. The number of hydrogen-bond acceptors (Lipinski definition) is 4. The summed E-state index contributed by atoms with van der Waals surface area (Å²) in [4.78, 5) is 0. The van der Waals surface area contributed by atoms with Gasteiger partial charge in [-0.3, -0.25) is 5.32 Å². The summed E-state index contributed by atoms with van der Waals surface area (Å²) in [6.07, 6.45) is -0.134. The van der Waals surface area contributed by atoms with Crippen molar-refractivity contribution in [3.8, 4) is 5.75 Å². The Morgan fingerprint density at radius 1 is 1.35 bits per heavy atom. The van der Waals surface area contributed by atoms with Gasteiger partial charge < -0.3 is 14.0 Å². The smallest absolute Gasteiger partial charge is 0.491 e. The van der Waals surface area contributed by atoms with E-state index < -0.39 is 0 Å². The number of benzene rings is 1. The van der Waals surface area contributed by atoms with Gasteiger partial charge in [0.05, 0.1) is 5.60 Å². The summed E-state index contributed by atoms with van der Waals surface area (Å²) >= 11 is 0. The predicted molar refractivity (Wildman–Crippen MR) is 79.5 cm³/mol. The summed E-state index contributed by atoms with van der Waals surface area (Å²) in [7, 11) is 1.56. The Bertz CT molecular complexity index is 530. The molecule has 5 heteroatoms. The van der Waals surface area contributed by atoms with Crippen LogP contribution in [0.1, 0.15) is 51.0 Å². The van der Waals surface area contributed by atoms with Crippen LogP contribution in [0.2, 0.25) is 0 Å². The highest BCUT2D eigenvalue weighted by atomic mass is 16.6. The fourth-order valence-electron chi connectivity index (χ4n) is 2.93. The molecule has 0 fully saturated rings. The van der Waals surface area contributed by atoms with E-state index in [0.717, 1.165) is 11.2 Å². The predicted octanol–water partition coefficient (Wildman–Crippen LogP) is 1.94. The van der Waals surface area contributed by atoms with Gasteiger partial charge in [-0.1, -0.05) is 19.9 Å². The van der Waals surface area contributed by atoms with Crippen LogP contribution in [0, 0.1) is 0 Å². The van der Waals surface area contributed by atoms with E-state index in [4.69, 9.17) is 14.0 Å². The Morgan fingerprint density at radius 2 is 2.10 bits per heavy atom. The van der Waals surface area contributed by atoms with Crippen molar-refractivity contribution in [3.63, 3.8) is 0 Å². The molecule has 0 spiro atoms. The van der Waals surface area contributed by atoms with Crippen molar-refractivity contribution in [2.45, 2.75) is 45.4 Å². The molecule has 0 saturated carbocycles. The van der Waals surface area contributed by atoms with Crippen molar-refractivity contribution in [1.82, 2.24) is 5.32 Å². The highest BCUT2D eigenvalue weighted by molar-refractivity contribution is 6.64. The first-order chi connectivity index (χ1) is 9.43. The first-order valence-corrected chi connectivity index (χ1v) is 7.23. The van der Waals surface area contributed by atoms with Gasteiger partial charge in [-0.05, 0) is 38.4 Å². The van der Waals surface area contributed by atoms with Crippen LogP contribution in [0.4, 0.5) is 0 Å². The lowest BCUT2D eigenvalue weighted by Gasteiger charge is -2.25. The minimum atomic E-state index is -0.360. The number of hydrogen-bond donors (Lipinski definition) is 1. The Hall–Kier alpha value is -1.04. The third-order valence-corrected chi connectivity index (χ3v) is 3.92. The van der Waals surface area contributed by atoms with Crippen molar-refractivity contribution in [2.24, 2.45) is 0 Å². The quantitative estimate of drug-likeness (QED) is 0.837. The molecule has 0 aliphatic carbocycles. The Balaban J connectivity index is 2.15. The molecule has 108 valence electrons. The van der Waals surface area contributed by atoms with Gasteiger partial charge in [0.2, 0.25) is 0 Å². The molecule has 0 bridgehead atoms. The van der Waals surface area contributed by atoms with E-state index in [1.54, 1.807) is 0 Å². The molecule has 1 aromatic carbocycles. The summed E-state index contributed by atoms with van der Waals surface area (Å²) < 4.78 is 18.1. The molecule has 0 aromatic heterocycles. The standard InChI is InChI=1S/C15H22BNO3/c1-9(2)10-6-7-11-13-12(10)14(17-5)19-16(13)20-15(3,4)8-18-11/h6-7,9,14,17H,8H2,1-5H3/t14-/m0/s1. The van der Waals surface area contributed by atoms with Gasteiger partial charge in [0, 0.05) is 11.0 Å². The first-order valence-electron chi connectivity index (χ1n) is 7.23. The Morgan fingerprint density at radius 3 is 2.75 bits per heavy atom. The van der Waals surface area contributed by atoms with Crippen molar-refractivity contribution in [3.05, 3.63) is 23.3 Å². The van der Waals surface area contributed by atoms with Gasteiger partial charge in [0.25, 0.3) is 0 Å². The minimum Gasteiger partial charge on any atom is -0.491 e. The lowest BCUT2D eigenvalue weighted by atomic mass is 9.75. The molecule has 2 aliphatic heterocycles. The van der Waals surface area contributed by atoms with Gasteiger partial charge in [0.1, 0.15) is 18.6 Å². The minimum absolute atomic E-state index is 0.134. The zero-order valence-electron chi connectivity index (χ0n) is 12.8. The fraction of sp³-hybridized carbons (Fsp3) is 0.600. The average Bonchev–Trinajstić information content (AvgIpc) is 2.67. The van der Waals surface area contributed by atoms with Crippen LogP contribution < -0.4 is 15.5 Å². The van der Waals surface area contributed by atoms with E-state index >= 15 is 0 Å². The summed E-state index contributed by atoms with van der Waals surface area (Å²) in [6.45, 7) is 8.97. The molecule has 0 saturated heterocycles. The van der Waals surface area contributed by atoms with Crippen molar-refractivity contribution in [2.75, 3.05) is 13.7 Å². The maximum absolute atomic E-state index is 6.11. The number of nitrogens with one attached hydrogen (secondary N) is 1. The lowest BCUT2D eigenvalue weighted by Crippen LogP contribution is -2.40. The second-order valence-corrected chi connectivity index (χ2v) is 6.44. The van der Waals surface area contributed by atoms with Gasteiger partial charge in [0.15, 0.2) is 0 Å². The molecular formula is C15H22BNO3. The van der Waals surface area contributed by atoms with Gasteiger partial charge in [-0.2, -0.15) is 0 Å².